The molecule has 2 N–H and O–H groups in total. The van der Waals surface area contributed by atoms with Gasteiger partial charge in [-0.25, -0.2) is 9.59 Å². The standard InChI is InChI=1S/C22H29N3O5/c1-3-15-20(21(26)28-4-2)16(24-22(27)23-15)13-25-9-5-6-17(25)14-7-8-18-19(12-14)30-11-10-29-18/h7-8,12,15,17H,3-6,9-11,13H2,1-2H3,(H2,23,24,27). The van der Waals surface area contributed by atoms with Crippen LogP contribution in [0.25, 0.3) is 0 Å². The summed E-state index contributed by atoms with van der Waals surface area (Å²) in [5.41, 5.74) is 2.31. The Hall–Kier alpha value is -2.74. The van der Waals surface area contributed by atoms with Gasteiger partial charge in [-0.1, -0.05) is 13.0 Å². The number of benzene rings is 1. The molecule has 0 aromatic heterocycles. The Morgan fingerprint density at radius 3 is 2.80 bits per heavy atom. The molecule has 3 aliphatic rings. The Balaban J connectivity index is 1.60. The van der Waals surface area contributed by atoms with E-state index in [9.17, 15) is 9.59 Å². The Bertz CT molecular complexity index is 853. The SMILES string of the molecule is CCOC(=O)C1=C(CN2CCCC2c2ccc3c(c2)OCCO3)NC(=O)NC1CC. The molecule has 0 saturated carbocycles. The van der Waals surface area contributed by atoms with Crippen molar-refractivity contribution in [3.05, 3.63) is 35.0 Å². The van der Waals surface area contributed by atoms with Crippen molar-refractivity contribution in [3.8, 4) is 11.5 Å². The number of nitrogens with one attached hydrogen (secondary N) is 2. The topological polar surface area (TPSA) is 89.1 Å². The molecule has 1 fully saturated rings. The fourth-order valence-corrected chi connectivity index (χ4v) is 4.45. The number of hydrogen-bond donors (Lipinski definition) is 2. The molecule has 0 radical (unpaired) electrons. The van der Waals surface area contributed by atoms with Crippen LogP contribution in [0.15, 0.2) is 29.5 Å². The second kappa shape index (κ2) is 8.95. The molecular formula is C22H29N3O5. The molecule has 3 aliphatic heterocycles. The Morgan fingerprint density at radius 2 is 2.03 bits per heavy atom. The Kier molecular flexibility index (Phi) is 6.13. The Morgan fingerprint density at radius 1 is 1.23 bits per heavy atom. The van der Waals surface area contributed by atoms with E-state index in [1.807, 2.05) is 19.1 Å². The molecule has 30 heavy (non-hydrogen) atoms. The van der Waals surface area contributed by atoms with E-state index in [1.165, 1.54) is 0 Å². The molecule has 4 rings (SSSR count). The average Bonchev–Trinajstić information content (AvgIpc) is 3.21. The lowest BCUT2D eigenvalue weighted by molar-refractivity contribution is -0.139. The third kappa shape index (κ3) is 4.09. The number of fused-ring (bicyclic) bond motifs is 1. The van der Waals surface area contributed by atoms with Gasteiger partial charge in [0.15, 0.2) is 11.5 Å². The highest BCUT2D eigenvalue weighted by Gasteiger charge is 2.35. The van der Waals surface area contributed by atoms with Crippen LogP contribution in [-0.4, -0.2) is 55.9 Å². The number of urea groups is 1. The van der Waals surface area contributed by atoms with E-state index < -0.39 is 0 Å². The zero-order valence-electron chi connectivity index (χ0n) is 17.5. The van der Waals surface area contributed by atoms with Gasteiger partial charge >= 0.3 is 12.0 Å². The molecule has 0 spiro atoms. The highest BCUT2D eigenvalue weighted by Crippen LogP contribution is 2.38. The maximum Gasteiger partial charge on any atom is 0.337 e. The van der Waals surface area contributed by atoms with Crippen LogP contribution in [0.4, 0.5) is 4.79 Å². The second-order valence-electron chi connectivity index (χ2n) is 7.70. The number of esters is 1. The average molecular weight is 415 g/mol. The van der Waals surface area contributed by atoms with Gasteiger partial charge in [0.25, 0.3) is 0 Å². The first-order chi connectivity index (χ1) is 14.6. The monoisotopic (exact) mass is 415 g/mol. The third-order valence-corrected chi connectivity index (χ3v) is 5.82. The number of rotatable bonds is 6. The van der Waals surface area contributed by atoms with Crippen molar-refractivity contribution < 1.29 is 23.8 Å². The minimum absolute atomic E-state index is 0.184. The number of amides is 2. The van der Waals surface area contributed by atoms with Crippen LogP contribution in [-0.2, 0) is 9.53 Å². The molecule has 0 bridgehead atoms. The lowest BCUT2D eigenvalue weighted by Gasteiger charge is -2.32. The van der Waals surface area contributed by atoms with E-state index in [0.717, 1.165) is 36.4 Å². The molecule has 8 nitrogen and oxygen atoms in total. The lowest BCUT2D eigenvalue weighted by Crippen LogP contribution is -2.52. The molecule has 1 aromatic rings. The smallest absolute Gasteiger partial charge is 0.337 e. The number of carbonyl (C=O) groups excluding carboxylic acids is 2. The van der Waals surface area contributed by atoms with Crippen molar-refractivity contribution in [2.75, 3.05) is 32.9 Å². The number of likely N-dealkylation sites (tertiary alicyclic amines) is 1. The van der Waals surface area contributed by atoms with Crippen LogP contribution in [0.5, 0.6) is 11.5 Å². The van der Waals surface area contributed by atoms with Gasteiger partial charge in [-0.3, -0.25) is 4.90 Å². The summed E-state index contributed by atoms with van der Waals surface area (Å²) < 4.78 is 16.7. The highest BCUT2D eigenvalue weighted by molar-refractivity contribution is 5.94. The fourth-order valence-electron chi connectivity index (χ4n) is 4.45. The van der Waals surface area contributed by atoms with Gasteiger partial charge in [-0.15, -0.1) is 0 Å². The van der Waals surface area contributed by atoms with Gasteiger partial charge < -0.3 is 24.8 Å². The second-order valence-corrected chi connectivity index (χ2v) is 7.70. The van der Waals surface area contributed by atoms with Crippen LogP contribution in [0.1, 0.15) is 44.7 Å². The zero-order chi connectivity index (χ0) is 21.1. The van der Waals surface area contributed by atoms with Gasteiger partial charge in [-0.2, -0.15) is 0 Å². The van der Waals surface area contributed by atoms with Crippen LogP contribution < -0.4 is 20.1 Å². The summed E-state index contributed by atoms with van der Waals surface area (Å²) in [5, 5.41) is 5.69. The number of carbonyl (C=O) groups is 2. The van der Waals surface area contributed by atoms with Crippen molar-refractivity contribution in [1.29, 1.82) is 0 Å². The highest BCUT2D eigenvalue weighted by atomic mass is 16.6. The van der Waals surface area contributed by atoms with E-state index in [0.29, 0.717) is 44.1 Å². The van der Waals surface area contributed by atoms with Gasteiger partial charge in [-0.05, 0) is 50.4 Å². The largest absolute Gasteiger partial charge is 0.486 e. The maximum atomic E-state index is 12.6. The van der Waals surface area contributed by atoms with Gasteiger partial charge in [0.05, 0.1) is 18.2 Å². The number of hydrogen-bond acceptors (Lipinski definition) is 6. The van der Waals surface area contributed by atoms with E-state index in [1.54, 1.807) is 6.92 Å². The Labute approximate surface area is 176 Å². The first-order valence-electron chi connectivity index (χ1n) is 10.7. The van der Waals surface area contributed by atoms with E-state index in [2.05, 4.69) is 21.6 Å². The van der Waals surface area contributed by atoms with Crippen LogP contribution in [0.2, 0.25) is 0 Å². The predicted molar refractivity (Wildman–Crippen MR) is 110 cm³/mol. The zero-order valence-corrected chi connectivity index (χ0v) is 17.5. The van der Waals surface area contributed by atoms with E-state index >= 15 is 0 Å². The van der Waals surface area contributed by atoms with Crippen molar-refractivity contribution in [3.63, 3.8) is 0 Å². The van der Waals surface area contributed by atoms with Crippen molar-refractivity contribution >= 4 is 12.0 Å². The summed E-state index contributed by atoms with van der Waals surface area (Å²) in [5.74, 6) is 1.18. The minimum atomic E-state index is -0.373. The van der Waals surface area contributed by atoms with Crippen molar-refractivity contribution in [1.82, 2.24) is 15.5 Å². The summed E-state index contributed by atoms with van der Waals surface area (Å²) in [4.78, 5) is 27.2. The lowest BCUT2D eigenvalue weighted by atomic mass is 9.99. The summed E-state index contributed by atoms with van der Waals surface area (Å²) in [7, 11) is 0. The van der Waals surface area contributed by atoms with Gasteiger partial charge in [0.1, 0.15) is 13.2 Å². The molecule has 1 aromatic carbocycles. The number of ether oxygens (including phenoxy) is 3. The molecule has 3 heterocycles. The summed E-state index contributed by atoms with van der Waals surface area (Å²) in [6.45, 7) is 6.52. The molecule has 8 heteroatoms. The molecule has 2 amide bonds. The quantitative estimate of drug-likeness (QED) is 0.694. The normalized spacial score (nSPS) is 23.7. The molecule has 1 saturated heterocycles. The van der Waals surface area contributed by atoms with Crippen LogP contribution in [0, 0.1) is 0 Å². The van der Waals surface area contributed by atoms with Crippen LogP contribution in [0.3, 0.4) is 0 Å². The molecular weight excluding hydrogens is 386 g/mol. The molecule has 162 valence electrons. The molecule has 0 aliphatic carbocycles. The van der Waals surface area contributed by atoms with E-state index in [-0.39, 0.29) is 24.1 Å². The minimum Gasteiger partial charge on any atom is -0.486 e. The third-order valence-electron chi connectivity index (χ3n) is 5.82. The number of nitrogens with zero attached hydrogens (tertiary/aromatic N) is 1. The van der Waals surface area contributed by atoms with Gasteiger partial charge in [0, 0.05) is 18.3 Å². The summed E-state index contributed by atoms with van der Waals surface area (Å²) in [6, 6.07) is 5.65. The first kappa shape index (κ1) is 20.5. The van der Waals surface area contributed by atoms with Crippen molar-refractivity contribution in [2.45, 2.75) is 45.2 Å². The molecule has 2 unspecified atom stereocenters. The fraction of sp³-hybridized carbons (Fsp3) is 0.545. The predicted octanol–water partition coefficient (Wildman–Crippen LogP) is 2.50. The summed E-state index contributed by atoms with van der Waals surface area (Å²) in [6.07, 6.45) is 2.67. The first-order valence-corrected chi connectivity index (χ1v) is 10.7. The van der Waals surface area contributed by atoms with Gasteiger partial charge in [0.2, 0.25) is 0 Å². The van der Waals surface area contributed by atoms with E-state index in [4.69, 9.17) is 14.2 Å². The molecule has 2 atom stereocenters. The summed E-state index contributed by atoms with van der Waals surface area (Å²) >= 11 is 0. The van der Waals surface area contributed by atoms with Crippen LogP contribution >= 0.6 is 0 Å². The maximum absolute atomic E-state index is 12.6. The van der Waals surface area contributed by atoms with Crippen molar-refractivity contribution in [2.24, 2.45) is 0 Å².